The lowest BCUT2D eigenvalue weighted by Gasteiger charge is -2.28. The quantitative estimate of drug-likeness (QED) is 0.746. The number of aliphatic carboxylic acids is 1. The molecule has 0 spiro atoms. The smallest absolute Gasteiger partial charge is 0.317 e. The zero-order valence-corrected chi connectivity index (χ0v) is 13.6. The van der Waals surface area contributed by atoms with Gasteiger partial charge >= 0.3 is 12.0 Å². The van der Waals surface area contributed by atoms with Crippen LogP contribution in [-0.4, -0.2) is 66.2 Å². The molecule has 0 saturated carbocycles. The highest BCUT2D eigenvalue weighted by atomic mass is 16.4. The summed E-state index contributed by atoms with van der Waals surface area (Å²) >= 11 is 0. The molecule has 0 aromatic rings. The van der Waals surface area contributed by atoms with E-state index in [0.29, 0.717) is 12.6 Å². The van der Waals surface area contributed by atoms with Crippen molar-refractivity contribution in [1.29, 1.82) is 0 Å². The second kappa shape index (κ2) is 8.22. The van der Waals surface area contributed by atoms with Crippen molar-refractivity contribution in [3.05, 3.63) is 0 Å². The number of hydrogen-bond acceptors (Lipinski definition) is 3. The number of carboxylic acid groups (broad SMARTS) is 1. The fourth-order valence-electron chi connectivity index (χ4n) is 2.86. The molecule has 1 rings (SSSR count). The molecule has 122 valence electrons. The molecule has 2 atom stereocenters. The van der Waals surface area contributed by atoms with Gasteiger partial charge in [0.1, 0.15) is 0 Å². The van der Waals surface area contributed by atoms with E-state index in [2.05, 4.69) is 17.1 Å². The molecule has 0 aromatic carbocycles. The summed E-state index contributed by atoms with van der Waals surface area (Å²) in [6, 6.07) is 0.232. The van der Waals surface area contributed by atoms with Crippen LogP contribution in [0.15, 0.2) is 0 Å². The van der Waals surface area contributed by atoms with Crippen LogP contribution >= 0.6 is 0 Å². The van der Waals surface area contributed by atoms with Crippen molar-refractivity contribution in [1.82, 2.24) is 15.1 Å². The molecule has 21 heavy (non-hydrogen) atoms. The maximum atomic E-state index is 12.1. The van der Waals surface area contributed by atoms with E-state index in [1.54, 1.807) is 11.9 Å². The van der Waals surface area contributed by atoms with Gasteiger partial charge in [0.15, 0.2) is 0 Å². The van der Waals surface area contributed by atoms with E-state index >= 15 is 0 Å². The average Bonchev–Trinajstić information content (AvgIpc) is 2.84. The minimum absolute atomic E-state index is 0.00137. The van der Waals surface area contributed by atoms with Gasteiger partial charge in [-0.15, -0.1) is 0 Å². The van der Waals surface area contributed by atoms with Crippen molar-refractivity contribution < 1.29 is 14.7 Å². The summed E-state index contributed by atoms with van der Waals surface area (Å²) in [4.78, 5) is 27.2. The lowest BCUT2D eigenvalue weighted by atomic mass is 9.96. The Morgan fingerprint density at radius 2 is 2.10 bits per heavy atom. The minimum atomic E-state index is -0.860. The second-order valence-corrected chi connectivity index (χ2v) is 6.18. The molecule has 2 amide bonds. The number of urea groups is 1. The molecule has 2 N–H and O–H groups in total. The van der Waals surface area contributed by atoms with Gasteiger partial charge in [-0.2, -0.15) is 0 Å². The van der Waals surface area contributed by atoms with Gasteiger partial charge in [-0.25, -0.2) is 4.79 Å². The van der Waals surface area contributed by atoms with Gasteiger partial charge in [0, 0.05) is 26.2 Å². The lowest BCUT2D eigenvalue weighted by Crippen LogP contribution is -2.46. The van der Waals surface area contributed by atoms with E-state index in [1.807, 2.05) is 13.8 Å². The largest absolute Gasteiger partial charge is 0.481 e. The fraction of sp³-hybridized carbons (Fsp3) is 0.867. The first kappa shape index (κ1) is 17.8. The second-order valence-electron chi connectivity index (χ2n) is 6.18. The Labute approximate surface area is 127 Å². The number of nitrogens with one attached hydrogen (secondary N) is 1. The Morgan fingerprint density at radius 1 is 1.43 bits per heavy atom. The topological polar surface area (TPSA) is 72.9 Å². The summed E-state index contributed by atoms with van der Waals surface area (Å²) < 4.78 is 0. The molecule has 1 heterocycles. The third-order valence-corrected chi connectivity index (χ3v) is 4.33. The predicted octanol–water partition coefficient (Wildman–Crippen LogP) is 1.47. The van der Waals surface area contributed by atoms with E-state index in [9.17, 15) is 9.59 Å². The third-order valence-electron chi connectivity index (χ3n) is 4.33. The van der Waals surface area contributed by atoms with Crippen LogP contribution in [0.3, 0.4) is 0 Å². The van der Waals surface area contributed by atoms with Crippen LogP contribution in [0.2, 0.25) is 0 Å². The zero-order chi connectivity index (χ0) is 16.0. The normalized spacial score (nSPS) is 20.5. The van der Waals surface area contributed by atoms with E-state index in [1.165, 1.54) is 6.42 Å². The van der Waals surface area contributed by atoms with Crippen LogP contribution in [0.4, 0.5) is 4.79 Å². The molecule has 0 radical (unpaired) electrons. The highest BCUT2D eigenvalue weighted by molar-refractivity contribution is 5.76. The highest BCUT2D eigenvalue weighted by Crippen LogP contribution is 2.17. The summed E-state index contributed by atoms with van der Waals surface area (Å²) in [5, 5.41) is 11.9. The number of likely N-dealkylation sites (N-methyl/N-ethyl adjacent to an activating group) is 2. The van der Waals surface area contributed by atoms with Gasteiger partial charge in [-0.05, 0) is 31.8 Å². The Bertz CT molecular complexity index is 360. The molecular formula is C15H29N3O3. The fourth-order valence-corrected chi connectivity index (χ4v) is 2.86. The summed E-state index contributed by atoms with van der Waals surface area (Å²) in [7, 11) is 1.77. The average molecular weight is 299 g/mol. The van der Waals surface area contributed by atoms with Gasteiger partial charge in [0.2, 0.25) is 0 Å². The molecule has 1 fully saturated rings. The Morgan fingerprint density at radius 3 is 2.62 bits per heavy atom. The van der Waals surface area contributed by atoms with Gasteiger partial charge in [0.05, 0.1) is 5.92 Å². The maximum absolute atomic E-state index is 12.1. The van der Waals surface area contributed by atoms with Gasteiger partial charge in [-0.1, -0.05) is 20.8 Å². The number of nitrogens with zero attached hydrogens (tertiary/aromatic N) is 2. The predicted molar refractivity (Wildman–Crippen MR) is 82.3 cm³/mol. The number of carbonyl (C=O) groups excluding carboxylic acids is 1. The maximum Gasteiger partial charge on any atom is 0.317 e. The Kier molecular flexibility index (Phi) is 6.95. The minimum Gasteiger partial charge on any atom is -0.481 e. The molecule has 0 bridgehead atoms. The van der Waals surface area contributed by atoms with E-state index in [0.717, 1.165) is 19.5 Å². The van der Waals surface area contributed by atoms with Crippen molar-refractivity contribution in [2.24, 2.45) is 11.8 Å². The number of likely N-dealkylation sites (tertiary alicyclic amines) is 1. The number of hydrogen-bond donors (Lipinski definition) is 2. The number of rotatable bonds is 7. The summed E-state index contributed by atoms with van der Waals surface area (Å²) in [5.74, 6) is -1.40. The molecule has 2 unspecified atom stereocenters. The van der Waals surface area contributed by atoms with Crippen molar-refractivity contribution >= 4 is 12.0 Å². The molecular weight excluding hydrogens is 270 g/mol. The van der Waals surface area contributed by atoms with Gasteiger partial charge < -0.3 is 15.3 Å². The number of carboxylic acids is 1. The first-order chi connectivity index (χ1) is 9.86. The standard InChI is InChI=1S/C15H29N3O3/c1-5-18-8-6-7-12(18)10-17(4)15(21)16-9-13(11(2)3)14(19)20/h11-13H,5-10H2,1-4H3,(H,16,21)(H,19,20). The molecule has 6 nitrogen and oxygen atoms in total. The number of amides is 2. The molecule has 1 aliphatic rings. The third kappa shape index (κ3) is 5.19. The molecule has 1 aliphatic heterocycles. The first-order valence-electron chi connectivity index (χ1n) is 7.82. The van der Waals surface area contributed by atoms with Crippen LogP contribution in [0.5, 0.6) is 0 Å². The molecule has 0 aliphatic carbocycles. The van der Waals surface area contributed by atoms with E-state index in [4.69, 9.17) is 5.11 Å². The van der Waals surface area contributed by atoms with Crippen LogP contribution in [-0.2, 0) is 4.79 Å². The van der Waals surface area contributed by atoms with Crippen LogP contribution in [0, 0.1) is 11.8 Å². The molecule has 6 heteroatoms. The Hall–Kier alpha value is -1.30. The molecule has 1 saturated heterocycles. The highest BCUT2D eigenvalue weighted by Gasteiger charge is 2.26. The lowest BCUT2D eigenvalue weighted by molar-refractivity contribution is -0.142. The van der Waals surface area contributed by atoms with Crippen molar-refractivity contribution in [2.45, 2.75) is 39.7 Å². The van der Waals surface area contributed by atoms with Crippen LogP contribution in [0.25, 0.3) is 0 Å². The monoisotopic (exact) mass is 299 g/mol. The van der Waals surface area contributed by atoms with E-state index < -0.39 is 11.9 Å². The summed E-state index contributed by atoms with van der Waals surface area (Å²) in [5.41, 5.74) is 0. The van der Waals surface area contributed by atoms with Crippen LogP contribution in [0.1, 0.15) is 33.6 Å². The number of carbonyl (C=O) groups is 2. The Balaban J connectivity index is 2.42. The van der Waals surface area contributed by atoms with Crippen LogP contribution < -0.4 is 5.32 Å². The van der Waals surface area contributed by atoms with Gasteiger partial charge in [0.25, 0.3) is 0 Å². The zero-order valence-electron chi connectivity index (χ0n) is 13.6. The van der Waals surface area contributed by atoms with Crippen molar-refractivity contribution in [3.63, 3.8) is 0 Å². The first-order valence-corrected chi connectivity index (χ1v) is 7.82. The van der Waals surface area contributed by atoms with Crippen molar-refractivity contribution in [2.75, 3.05) is 33.2 Å². The summed E-state index contributed by atoms with van der Waals surface area (Å²) in [6.45, 7) is 8.83. The van der Waals surface area contributed by atoms with Crippen molar-refractivity contribution in [3.8, 4) is 0 Å². The SMILES string of the molecule is CCN1CCCC1CN(C)C(=O)NCC(C(=O)O)C(C)C. The van der Waals surface area contributed by atoms with Gasteiger partial charge in [-0.3, -0.25) is 9.69 Å². The summed E-state index contributed by atoms with van der Waals surface area (Å²) in [6.07, 6.45) is 2.30. The molecule has 0 aromatic heterocycles. The van der Waals surface area contributed by atoms with E-state index in [-0.39, 0.29) is 18.5 Å².